The predicted octanol–water partition coefficient (Wildman–Crippen LogP) is 1.77. The normalized spacial score (nSPS) is 10.9. The molecule has 108 valence electrons. The summed E-state index contributed by atoms with van der Waals surface area (Å²) < 4.78 is 12.7. The van der Waals surface area contributed by atoms with Crippen LogP contribution in [-0.2, 0) is 9.59 Å². The summed E-state index contributed by atoms with van der Waals surface area (Å²) in [6.45, 7) is 2.71. The number of carbonyl (C=O) groups excluding carboxylic acids is 2. The minimum Gasteiger partial charge on any atom is -0.480 e. The van der Waals surface area contributed by atoms with E-state index in [-0.39, 0.29) is 18.6 Å². The van der Waals surface area contributed by atoms with Crippen molar-refractivity contribution >= 4 is 17.7 Å². The molecule has 20 heavy (non-hydrogen) atoms. The average Bonchev–Trinajstić information content (AvgIpc) is 2.36. The Morgan fingerprint density at radius 2 is 1.70 bits per heavy atom. The maximum atomic E-state index is 12.7. The van der Waals surface area contributed by atoms with Gasteiger partial charge in [-0.05, 0) is 38.1 Å². The van der Waals surface area contributed by atoms with Crippen LogP contribution < -0.4 is 5.32 Å². The summed E-state index contributed by atoms with van der Waals surface area (Å²) in [6.07, 6.45) is -0.180. The van der Waals surface area contributed by atoms with Crippen molar-refractivity contribution in [3.05, 3.63) is 35.6 Å². The molecule has 0 aromatic heterocycles. The third-order valence-corrected chi connectivity index (χ3v) is 2.73. The van der Waals surface area contributed by atoms with Gasteiger partial charge in [-0.15, -0.1) is 0 Å². The van der Waals surface area contributed by atoms with Crippen LogP contribution in [0.1, 0.15) is 37.0 Å². The maximum absolute atomic E-state index is 12.7. The van der Waals surface area contributed by atoms with Crippen LogP contribution in [0.3, 0.4) is 0 Å². The number of rotatable bonds is 6. The van der Waals surface area contributed by atoms with Crippen molar-refractivity contribution in [3.8, 4) is 0 Å². The van der Waals surface area contributed by atoms with Gasteiger partial charge in [0.25, 0.3) is 0 Å². The van der Waals surface area contributed by atoms with Crippen molar-refractivity contribution < 1.29 is 23.9 Å². The zero-order valence-electron chi connectivity index (χ0n) is 11.3. The van der Waals surface area contributed by atoms with Crippen LogP contribution in [0.2, 0.25) is 0 Å². The summed E-state index contributed by atoms with van der Waals surface area (Å²) in [6, 6.07) is 5.02. The smallest absolute Gasteiger partial charge is 0.328 e. The van der Waals surface area contributed by atoms with E-state index in [1.165, 1.54) is 38.1 Å². The lowest BCUT2D eigenvalue weighted by molar-refractivity contribution is -0.146. The highest BCUT2D eigenvalue weighted by Gasteiger charge is 2.28. The molecule has 0 aliphatic rings. The lowest BCUT2D eigenvalue weighted by Crippen LogP contribution is -2.49. The fourth-order valence-corrected chi connectivity index (χ4v) is 1.47. The highest BCUT2D eigenvalue weighted by Crippen LogP contribution is 2.08. The van der Waals surface area contributed by atoms with Gasteiger partial charge in [-0.3, -0.25) is 9.59 Å². The monoisotopic (exact) mass is 281 g/mol. The number of Topliss-reactive ketones (excluding diaryl/α,β-unsaturated/α-hetero) is 1. The number of hydrogen-bond donors (Lipinski definition) is 2. The lowest BCUT2D eigenvalue weighted by atomic mass is 10.0. The zero-order chi connectivity index (χ0) is 15.3. The van der Waals surface area contributed by atoms with Crippen molar-refractivity contribution in [2.24, 2.45) is 0 Å². The van der Waals surface area contributed by atoms with Gasteiger partial charge < -0.3 is 10.4 Å². The molecule has 1 aromatic carbocycles. The number of halogens is 1. The van der Waals surface area contributed by atoms with Crippen molar-refractivity contribution in [3.63, 3.8) is 0 Å². The topological polar surface area (TPSA) is 83.5 Å². The van der Waals surface area contributed by atoms with Gasteiger partial charge >= 0.3 is 5.97 Å². The van der Waals surface area contributed by atoms with E-state index in [1.54, 1.807) is 0 Å². The molecule has 1 rings (SSSR count). The lowest BCUT2D eigenvalue weighted by Gasteiger charge is -2.20. The third kappa shape index (κ3) is 4.46. The summed E-state index contributed by atoms with van der Waals surface area (Å²) in [5.74, 6) is -2.42. The summed E-state index contributed by atoms with van der Waals surface area (Å²) in [7, 11) is 0. The number of benzene rings is 1. The standard InChI is InChI=1S/C14H16FNO4/c1-14(2,13(19)20)16-12(18)8-7-11(17)9-3-5-10(15)6-4-9/h3-6H,7-8H2,1-2H3,(H,16,18)(H,19,20). The first-order valence-electron chi connectivity index (χ1n) is 6.05. The van der Waals surface area contributed by atoms with E-state index in [4.69, 9.17) is 5.11 Å². The van der Waals surface area contributed by atoms with Crippen molar-refractivity contribution in [1.82, 2.24) is 5.32 Å². The number of ketones is 1. The Kier molecular flexibility index (Phi) is 4.96. The summed E-state index contributed by atoms with van der Waals surface area (Å²) in [5.41, 5.74) is -1.06. The van der Waals surface area contributed by atoms with Crippen molar-refractivity contribution in [1.29, 1.82) is 0 Å². The molecule has 1 amide bonds. The van der Waals surface area contributed by atoms with Crippen molar-refractivity contribution in [2.75, 3.05) is 0 Å². The van der Waals surface area contributed by atoms with Crippen molar-refractivity contribution in [2.45, 2.75) is 32.2 Å². The highest BCUT2D eigenvalue weighted by molar-refractivity contribution is 5.98. The molecule has 1 aromatic rings. The summed E-state index contributed by atoms with van der Waals surface area (Å²) in [4.78, 5) is 34.1. The van der Waals surface area contributed by atoms with E-state index in [2.05, 4.69) is 5.32 Å². The van der Waals surface area contributed by atoms with E-state index in [1.807, 2.05) is 0 Å². The maximum Gasteiger partial charge on any atom is 0.328 e. The predicted molar refractivity (Wildman–Crippen MR) is 69.8 cm³/mol. The van der Waals surface area contributed by atoms with E-state index < -0.39 is 23.2 Å². The number of nitrogens with one attached hydrogen (secondary N) is 1. The molecule has 0 unspecified atom stereocenters. The van der Waals surface area contributed by atoms with Crippen LogP contribution in [0.5, 0.6) is 0 Å². The van der Waals surface area contributed by atoms with Gasteiger partial charge in [0, 0.05) is 18.4 Å². The Morgan fingerprint density at radius 3 is 2.20 bits per heavy atom. The fourth-order valence-electron chi connectivity index (χ4n) is 1.47. The largest absolute Gasteiger partial charge is 0.480 e. The van der Waals surface area contributed by atoms with Crippen LogP contribution >= 0.6 is 0 Å². The van der Waals surface area contributed by atoms with Crippen LogP contribution in [0.25, 0.3) is 0 Å². The molecule has 0 bridgehead atoms. The Morgan fingerprint density at radius 1 is 1.15 bits per heavy atom. The molecule has 0 saturated heterocycles. The molecule has 0 radical (unpaired) electrons. The van der Waals surface area contributed by atoms with Gasteiger partial charge in [0.2, 0.25) is 5.91 Å². The molecule has 6 heteroatoms. The molecule has 5 nitrogen and oxygen atoms in total. The molecule has 0 heterocycles. The first kappa shape index (κ1) is 15.8. The molecule has 0 atom stereocenters. The number of carbonyl (C=O) groups is 3. The number of carboxylic acids is 1. The van der Waals surface area contributed by atoms with Gasteiger partial charge in [0.1, 0.15) is 11.4 Å². The van der Waals surface area contributed by atoms with Gasteiger partial charge in [-0.2, -0.15) is 0 Å². The van der Waals surface area contributed by atoms with Gasteiger partial charge in [-0.1, -0.05) is 0 Å². The number of amides is 1. The fraction of sp³-hybridized carbons (Fsp3) is 0.357. The first-order valence-corrected chi connectivity index (χ1v) is 6.05. The third-order valence-electron chi connectivity index (χ3n) is 2.73. The highest BCUT2D eigenvalue weighted by atomic mass is 19.1. The Bertz CT molecular complexity index is 522. The van der Waals surface area contributed by atoms with Crippen LogP contribution in [0.15, 0.2) is 24.3 Å². The average molecular weight is 281 g/mol. The molecular formula is C14H16FNO4. The molecule has 0 spiro atoms. The van der Waals surface area contributed by atoms with Crippen LogP contribution in [0, 0.1) is 5.82 Å². The Labute approximate surface area is 115 Å². The molecule has 0 aliphatic carbocycles. The molecule has 0 aliphatic heterocycles. The minimum absolute atomic E-state index is 0.0623. The Hall–Kier alpha value is -2.24. The molecule has 0 saturated carbocycles. The van der Waals surface area contributed by atoms with Gasteiger partial charge in [0.05, 0.1) is 0 Å². The Balaban J connectivity index is 2.51. The minimum atomic E-state index is -1.38. The molecule has 2 N–H and O–H groups in total. The summed E-state index contributed by atoms with van der Waals surface area (Å²) in [5, 5.41) is 11.2. The zero-order valence-corrected chi connectivity index (χ0v) is 11.3. The van der Waals surface area contributed by atoms with Crippen LogP contribution in [0.4, 0.5) is 4.39 Å². The second kappa shape index (κ2) is 6.27. The number of carboxylic acid groups (broad SMARTS) is 1. The second-order valence-electron chi connectivity index (χ2n) is 4.91. The van der Waals surface area contributed by atoms with Gasteiger partial charge in [0.15, 0.2) is 5.78 Å². The van der Waals surface area contributed by atoms with E-state index in [0.29, 0.717) is 5.56 Å². The van der Waals surface area contributed by atoms with Gasteiger partial charge in [-0.25, -0.2) is 9.18 Å². The number of aliphatic carboxylic acids is 1. The SMILES string of the molecule is CC(C)(NC(=O)CCC(=O)c1ccc(F)cc1)C(=O)O. The first-order chi connectivity index (χ1) is 9.22. The quantitative estimate of drug-likeness (QED) is 0.778. The number of hydrogen-bond acceptors (Lipinski definition) is 3. The second-order valence-corrected chi connectivity index (χ2v) is 4.91. The van der Waals surface area contributed by atoms with Crippen LogP contribution in [-0.4, -0.2) is 28.3 Å². The van der Waals surface area contributed by atoms with E-state index >= 15 is 0 Å². The molecule has 0 fully saturated rings. The summed E-state index contributed by atoms with van der Waals surface area (Å²) >= 11 is 0. The van der Waals surface area contributed by atoms with E-state index in [9.17, 15) is 18.8 Å². The molecular weight excluding hydrogens is 265 g/mol. The van der Waals surface area contributed by atoms with E-state index in [0.717, 1.165) is 0 Å².